The van der Waals surface area contributed by atoms with Crippen molar-refractivity contribution in [3.8, 4) is 11.5 Å². The van der Waals surface area contributed by atoms with Gasteiger partial charge in [-0.05, 0) is 43.4 Å². The fourth-order valence-corrected chi connectivity index (χ4v) is 4.28. The summed E-state index contributed by atoms with van der Waals surface area (Å²) in [7, 11) is 1.66. The second-order valence-electron chi connectivity index (χ2n) is 7.51. The highest BCUT2D eigenvalue weighted by molar-refractivity contribution is 7.98. The molecule has 3 aromatic rings. The maximum Gasteiger partial charge on any atom is 0.162 e. The molecule has 1 saturated heterocycles. The molecule has 1 N–H and O–H groups in total. The van der Waals surface area contributed by atoms with E-state index in [0.717, 1.165) is 60.6 Å². The van der Waals surface area contributed by atoms with Crippen molar-refractivity contribution >= 4 is 34.2 Å². The van der Waals surface area contributed by atoms with Crippen molar-refractivity contribution in [2.75, 3.05) is 38.3 Å². The Morgan fingerprint density at radius 1 is 1.19 bits per heavy atom. The zero-order valence-corrected chi connectivity index (χ0v) is 18.8. The van der Waals surface area contributed by atoms with Crippen LogP contribution in [-0.4, -0.2) is 54.0 Å². The number of piperidine rings is 1. The lowest BCUT2D eigenvalue weighted by molar-refractivity contribution is 0.104. The summed E-state index contributed by atoms with van der Waals surface area (Å²) in [4.78, 5) is 12.5. The van der Waals surface area contributed by atoms with Gasteiger partial charge in [0.15, 0.2) is 11.5 Å². The van der Waals surface area contributed by atoms with Gasteiger partial charge in [0.05, 0.1) is 12.6 Å². The van der Waals surface area contributed by atoms with Crippen LogP contribution in [0.5, 0.6) is 11.5 Å². The lowest BCUT2D eigenvalue weighted by Crippen LogP contribution is -2.38. The highest BCUT2D eigenvalue weighted by Gasteiger charge is 2.22. The molecular formula is C24H28N4O2S. The Kier molecular flexibility index (Phi) is 6.94. The number of ether oxygens (including phenoxy) is 2. The van der Waals surface area contributed by atoms with E-state index < -0.39 is 0 Å². The number of aromatic nitrogens is 2. The standard InChI is InChI=1S/C24H28N4O2S/c1-4-10-28-11-8-18(9-12-28)30-23-14-20-21(15-22(23)29-2)25-16-26-24(20)27-17-6-5-7-19(13-17)31-3/h4-7,13-16,18H,1,8-12H2,2-3H3,(H,25,26,27). The smallest absolute Gasteiger partial charge is 0.162 e. The number of rotatable bonds is 8. The summed E-state index contributed by atoms with van der Waals surface area (Å²) in [5, 5.41) is 4.33. The first-order valence-electron chi connectivity index (χ1n) is 10.4. The van der Waals surface area contributed by atoms with Gasteiger partial charge in [0, 0.05) is 41.7 Å². The quantitative estimate of drug-likeness (QED) is 0.388. The van der Waals surface area contributed by atoms with Crippen LogP contribution in [0.2, 0.25) is 0 Å². The average molecular weight is 437 g/mol. The maximum absolute atomic E-state index is 6.39. The first-order chi connectivity index (χ1) is 15.2. The number of hydrogen-bond acceptors (Lipinski definition) is 7. The molecule has 0 atom stereocenters. The molecule has 2 heterocycles. The van der Waals surface area contributed by atoms with E-state index in [2.05, 4.69) is 45.2 Å². The minimum absolute atomic E-state index is 0.159. The fourth-order valence-electron chi connectivity index (χ4n) is 3.82. The van der Waals surface area contributed by atoms with Crippen molar-refractivity contribution in [1.82, 2.24) is 14.9 Å². The summed E-state index contributed by atoms with van der Waals surface area (Å²) in [6, 6.07) is 12.2. The molecule has 31 heavy (non-hydrogen) atoms. The number of thioether (sulfide) groups is 1. The predicted octanol–water partition coefficient (Wildman–Crippen LogP) is 5.13. The van der Waals surface area contributed by atoms with Gasteiger partial charge in [-0.25, -0.2) is 9.97 Å². The summed E-state index contributed by atoms with van der Waals surface area (Å²) in [6.45, 7) is 6.78. The minimum Gasteiger partial charge on any atom is -0.493 e. The molecule has 0 bridgehead atoms. The molecule has 0 saturated carbocycles. The van der Waals surface area contributed by atoms with Crippen LogP contribution >= 0.6 is 11.8 Å². The first kappa shape index (κ1) is 21.5. The van der Waals surface area contributed by atoms with Crippen molar-refractivity contribution in [2.24, 2.45) is 0 Å². The lowest BCUT2D eigenvalue weighted by atomic mass is 10.1. The van der Waals surface area contributed by atoms with Gasteiger partial charge in [0.1, 0.15) is 18.2 Å². The predicted molar refractivity (Wildman–Crippen MR) is 128 cm³/mol. The van der Waals surface area contributed by atoms with E-state index in [1.165, 1.54) is 4.90 Å². The van der Waals surface area contributed by atoms with Gasteiger partial charge in [-0.15, -0.1) is 18.3 Å². The Morgan fingerprint density at radius 3 is 2.77 bits per heavy atom. The molecule has 1 fully saturated rings. The van der Waals surface area contributed by atoms with Crippen LogP contribution in [0.4, 0.5) is 11.5 Å². The Labute approximate surface area is 187 Å². The number of nitrogens with zero attached hydrogens (tertiary/aromatic N) is 3. The zero-order chi connectivity index (χ0) is 21.6. The number of anilines is 2. The normalized spacial score (nSPS) is 15.0. The van der Waals surface area contributed by atoms with E-state index in [9.17, 15) is 0 Å². The number of nitrogens with one attached hydrogen (secondary N) is 1. The highest BCUT2D eigenvalue weighted by atomic mass is 32.2. The summed E-state index contributed by atoms with van der Waals surface area (Å²) in [5.74, 6) is 2.17. The summed E-state index contributed by atoms with van der Waals surface area (Å²) in [5.41, 5.74) is 1.79. The molecule has 1 aliphatic rings. The number of benzene rings is 2. The van der Waals surface area contributed by atoms with Crippen LogP contribution in [0, 0.1) is 0 Å². The molecule has 6 nitrogen and oxygen atoms in total. The third-order valence-electron chi connectivity index (χ3n) is 5.47. The Hall–Kier alpha value is -2.77. The Balaban J connectivity index is 1.60. The summed E-state index contributed by atoms with van der Waals surface area (Å²) < 4.78 is 12.0. The van der Waals surface area contributed by atoms with Crippen LogP contribution in [0.3, 0.4) is 0 Å². The summed E-state index contributed by atoms with van der Waals surface area (Å²) >= 11 is 1.71. The van der Waals surface area contributed by atoms with Gasteiger partial charge in [-0.3, -0.25) is 4.90 Å². The molecule has 0 radical (unpaired) electrons. The molecule has 0 aliphatic carbocycles. The van der Waals surface area contributed by atoms with E-state index >= 15 is 0 Å². The molecule has 0 unspecified atom stereocenters. The molecule has 162 valence electrons. The van der Waals surface area contributed by atoms with Crippen molar-refractivity contribution in [3.63, 3.8) is 0 Å². The SMILES string of the molecule is C=CCN1CCC(Oc2cc3c(Nc4cccc(SC)c4)ncnc3cc2OC)CC1. The minimum atomic E-state index is 0.159. The van der Waals surface area contributed by atoms with Crippen molar-refractivity contribution < 1.29 is 9.47 Å². The third-order valence-corrected chi connectivity index (χ3v) is 6.19. The van der Waals surface area contributed by atoms with E-state index in [1.54, 1.807) is 25.2 Å². The summed E-state index contributed by atoms with van der Waals surface area (Å²) in [6.07, 6.45) is 7.71. The molecule has 2 aromatic carbocycles. The van der Waals surface area contributed by atoms with Crippen LogP contribution in [0.25, 0.3) is 10.9 Å². The molecule has 0 spiro atoms. The highest BCUT2D eigenvalue weighted by Crippen LogP contribution is 2.36. The van der Waals surface area contributed by atoms with Gasteiger partial charge >= 0.3 is 0 Å². The lowest BCUT2D eigenvalue weighted by Gasteiger charge is -2.31. The fraction of sp³-hybridized carbons (Fsp3) is 0.333. The Morgan fingerprint density at radius 2 is 2.03 bits per heavy atom. The van der Waals surface area contributed by atoms with E-state index in [1.807, 2.05) is 30.3 Å². The first-order valence-corrected chi connectivity index (χ1v) is 11.7. The van der Waals surface area contributed by atoms with Gasteiger partial charge in [0.2, 0.25) is 0 Å². The van der Waals surface area contributed by atoms with Crippen molar-refractivity contribution in [3.05, 3.63) is 55.4 Å². The van der Waals surface area contributed by atoms with Crippen molar-refractivity contribution in [1.29, 1.82) is 0 Å². The molecule has 0 amide bonds. The van der Waals surface area contributed by atoms with Gasteiger partial charge in [0.25, 0.3) is 0 Å². The van der Waals surface area contributed by atoms with E-state index in [4.69, 9.17) is 9.47 Å². The van der Waals surface area contributed by atoms with Gasteiger partial charge in [-0.1, -0.05) is 12.1 Å². The van der Waals surface area contributed by atoms with Crippen LogP contribution in [0.15, 0.2) is 60.3 Å². The number of methoxy groups -OCH3 is 1. The largest absolute Gasteiger partial charge is 0.493 e. The molecule has 7 heteroatoms. The Bertz CT molecular complexity index is 1050. The van der Waals surface area contributed by atoms with Gasteiger partial charge < -0.3 is 14.8 Å². The molecule has 4 rings (SSSR count). The maximum atomic E-state index is 6.39. The average Bonchev–Trinajstić information content (AvgIpc) is 2.80. The molecule has 1 aromatic heterocycles. The molecule has 1 aliphatic heterocycles. The number of hydrogen-bond donors (Lipinski definition) is 1. The van der Waals surface area contributed by atoms with E-state index in [0.29, 0.717) is 5.75 Å². The van der Waals surface area contributed by atoms with Crippen LogP contribution in [-0.2, 0) is 0 Å². The van der Waals surface area contributed by atoms with Crippen LogP contribution in [0.1, 0.15) is 12.8 Å². The second kappa shape index (κ2) is 10.0. The van der Waals surface area contributed by atoms with Crippen LogP contribution < -0.4 is 14.8 Å². The topological polar surface area (TPSA) is 59.5 Å². The van der Waals surface area contributed by atoms with Crippen molar-refractivity contribution in [2.45, 2.75) is 23.8 Å². The monoisotopic (exact) mass is 436 g/mol. The second-order valence-corrected chi connectivity index (χ2v) is 8.39. The third kappa shape index (κ3) is 5.11. The van der Waals surface area contributed by atoms with E-state index in [-0.39, 0.29) is 6.10 Å². The molecular weight excluding hydrogens is 408 g/mol. The zero-order valence-electron chi connectivity index (χ0n) is 18.0. The number of likely N-dealkylation sites (tertiary alicyclic amines) is 1. The number of fused-ring (bicyclic) bond motifs is 1. The van der Waals surface area contributed by atoms with Gasteiger partial charge in [-0.2, -0.15) is 0 Å².